The van der Waals surface area contributed by atoms with Crippen LogP contribution in [-0.4, -0.2) is 52.2 Å². The third-order valence-corrected chi connectivity index (χ3v) is 4.98. The summed E-state index contributed by atoms with van der Waals surface area (Å²) < 4.78 is 33.6. The van der Waals surface area contributed by atoms with E-state index in [0.29, 0.717) is 13.1 Å². The molecule has 2 rings (SSSR count). The van der Waals surface area contributed by atoms with Crippen molar-refractivity contribution in [2.45, 2.75) is 12.6 Å². The number of nitrogens with zero attached hydrogens (tertiary/aromatic N) is 1. The smallest absolute Gasteiger partial charge is 0.189 e. The molecule has 1 fully saturated rings. The van der Waals surface area contributed by atoms with Gasteiger partial charge in [0, 0.05) is 12.1 Å². The molecule has 0 bridgehead atoms. The zero-order valence-electron chi connectivity index (χ0n) is 12.9. The van der Waals surface area contributed by atoms with E-state index in [1.54, 1.807) is 7.11 Å². The minimum atomic E-state index is -3.01. The van der Waals surface area contributed by atoms with Gasteiger partial charge in [0.1, 0.15) is 5.75 Å². The summed E-state index contributed by atoms with van der Waals surface area (Å²) in [6.07, 6.45) is -0.390. The highest BCUT2D eigenvalue weighted by atomic mass is 127. The van der Waals surface area contributed by atoms with Crippen molar-refractivity contribution in [3.05, 3.63) is 29.8 Å². The molecule has 23 heavy (non-hydrogen) atoms. The Morgan fingerprint density at radius 3 is 2.91 bits per heavy atom. The summed E-state index contributed by atoms with van der Waals surface area (Å²) in [6, 6.07) is 7.55. The number of methoxy groups -OCH3 is 1. The third-order valence-electron chi connectivity index (χ3n) is 3.31. The van der Waals surface area contributed by atoms with Crippen molar-refractivity contribution < 1.29 is 17.9 Å². The predicted octanol–water partition coefficient (Wildman–Crippen LogP) is 0.531. The summed E-state index contributed by atoms with van der Waals surface area (Å²) in [4.78, 5) is 4.22. The van der Waals surface area contributed by atoms with E-state index in [2.05, 4.69) is 10.3 Å². The molecule has 0 saturated carbocycles. The minimum Gasteiger partial charge on any atom is -0.496 e. The van der Waals surface area contributed by atoms with Crippen molar-refractivity contribution in [1.29, 1.82) is 0 Å². The molecule has 130 valence electrons. The molecule has 7 nitrogen and oxygen atoms in total. The van der Waals surface area contributed by atoms with Crippen molar-refractivity contribution >= 4 is 39.8 Å². The van der Waals surface area contributed by atoms with Gasteiger partial charge in [0.2, 0.25) is 0 Å². The maximum Gasteiger partial charge on any atom is 0.189 e. The molecule has 0 aliphatic carbocycles. The predicted molar refractivity (Wildman–Crippen MR) is 100 cm³/mol. The molecule has 1 saturated heterocycles. The van der Waals surface area contributed by atoms with Crippen LogP contribution in [0.15, 0.2) is 29.3 Å². The van der Waals surface area contributed by atoms with Crippen LogP contribution in [0.3, 0.4) is 0 Å². The van der Waals surface area contributed by atoms with Crippen LogP contribution in [0.5, 0.6) is 5.75 Å². The number of aliphatic imine (C=N–C) groups is 1. The molecule has 0 amide bonds. The minimum absolute atomic E-state index is 0. The number of benzene rings is 1. The first-order valence-corrected chi connectivity index (χ1v) is 8.80. The van der Waals surface area contributed by atoms with E-state index in [9.17, 15) is 8.42 Å². The Labute approximate surface area is 153 Å². The van der Waals surface area contributed by atoms with Gasteiger partial charge < -0.3 is 20.5 Å². The highest BCUT2D eigenvalue weighted by Gasteiger charge is 2.25. The monoisotopic (exact) mass is 455 g/mol. The number of para-hydroxylation sites is 1. The molecule has 1 atom stereocenters. The van der Waals surface area contributed by atoms with Crippen molar-refractivity contribution in [3.63, 3.8) is 0 Å². The second kappa shape index (κ2) is 9.28. The van der Waals surface area contributed by atoms with Crippen molar-refractivity contribution in [2.75, 3.05) is 31.8 Å². The standard InChI is InChI=1S/C14H21N3O4S.HI/c1-20-13-5-3-2-4-11(13)8-16-14(15)17-9-12-10-22(18,19)7-6-21-12;/h2-5,12H,6-10H2,1H3,(H3,15,16,17);1H. The third kappa shape index (κ3) is 6.51. The summed E-state index contributed by atoms with van der Waals surface area (Å²) in [5, 5.41) is 2.90. The van der Waals surface area contributed by atoms with Crippen LogP contribution in [0, 0.1) is 0 Å². The first-order chi connectivity index (χ1) is 10.5. The Kier molecular flexibility index (Phi) is 8.06. The van der Waals surface area contributed by atoms with Crippen LogP contribution in [0.1, 0.15) is 5.56 Å². The Morgan fingerprint density at radius 1 is 1.48 bits per heavy atom. The van der Waals surface area contributed by atoms with Gasteiger partial charge in [-0.15, -0.1) is 24.0 Å². The molecular weight excluding hydrogens is 433 g/mol. The SMILES string of the molecule is COc1ccccc1CN=C(N)NCC1CS(=O)(=O)CCO1.I. The van der Waals surface area contributed by atoms with Crippen LogP contribution < -0.4 is 15.8 Å². The van der Waals surface area contributed by atoms with Gasteiger partial charge >= 0.3 is 0 Å². The van der Waals surface area contributed by atoms with Gasteiger partial charge in [-0.1, -0.05) is 18.2 Å². The number of guanidine groups is 1. The van der Waals surface area contributed by atoms with E-state index >= 15 is 0 Å². The molecule has 1 aliphatic heterocycles. The number of ether oxygens (including phenoxy) is 2. The number of sulfone groups is 1. The maximum absolute atomic E-state index is 11.5. The Bertz CT molecular complexity index is 637. The van der Waals surface area contributed by atoms with Crippen LogP contribution >= 0.6 is 24.0 Å². The largest absolute Gasteiger partial charge is 0.496 e. The van der Waals surface area contributed by atoms with E-state index in [1.807, 2.05) is 24.3 Å². The number of hydrogen-bond acceptors (Lipinski definition) is 5. The fraction of sp³-hybridized carbons (Fsp3) is 0.500. The Balaban J connectivity index is 0.00000264. The fourth-order valence-electron chi connectivity index (χ4n) is 2.15. The number of nitrogens with one attached hydrogen (secondary N) is 1. The van der Waals surface area contributed by atoms with E-state index in [4.69, 9.17) is 15.2 Å². The molecule has 1 aromatic carbocycles. The van der Waals surface area contributed by atoms with Crippen LogP contribution in [0.25, 0.3) is 0 Å². The van der Waals surface area contributed by atoms with Gasteiger partial charge in [0.15, 0.2) is 15.8 Å². The highest BCUT2D eigenvalue weighted by molar-refractivity contribution is 14.0. The van der Waals surface area contributed by atoms with E-state index in [-0.39, 0.29) is 48.0 Å². The van der Waals surface area contributed by atoms with Crippen LogP contribution in [-0.2, 0) is 21.1 Å². The molecule has 1 aromatic rings. The first kappa shape index (κ1) is 20.0. The topological polar surface area (TPSA) is 103 Å². The zero-order chi connectivity index (χ0) is 16.0. The van der Waals surface area contributed by atoms with E-state index < -0.39 is 15.9 Å². The molecule has 0 aromatic heterocycles. The molecule has 3 N–H and O–H groups in total. The summed E-state index contributed by atoms with van der Waals surface area (Å²) >= 11 is 0. The average molecular weight is 455 g/mol. The van der Waals surface area contributed by atoms with E-state index in [1.165, 1.54) is 0 Å². The van der Waals surface area contributed by atoms with Gasteiger partial charge in [-0.2, -0.15) is 0 Å². The molecule has 1 heterocycles. The normalized spacial score (nSPS) is 20.4. The maximum atomic E-state index is 11.5. The van der Waals surface area contributed by atoms with Gasteiger partial charge in [0.25, 0.3) is 0 Å². The van der Waals surface area contributed by atoms with Crippen molar-refractivity contribution in [3.8, 4) is 5.75 Å². The Morgan fingerprint density at radius 2 is 2.22 bits per heavy atom. The van der Waals surface area contributed by atoms with Gasteiger partial charge in [0.05, 0.1) is 37.9 Å². The number of nitrogens with two attached hydrogens (primary N) is 1. The lowest BCUT2D eigenvalue weighted by molar-refractivity contribution is 0.0748. The second-order valence-corrected chi connectivity index (χ2v) is 7.23. The van der Waals surface area contributed by atoms with Crippen molar-refractivity contribution in [1.82, 2.24) is 5.32 Å². The van der Waals surface area contributed by atoms with Crippen LogP contribution in [0.4, 0.5) is 0 Å². The average Bonchev–Trinajstić information content (AvgIpc) is 2.50. The van der Waals surface area contributed by atoms with Gasteiger partial charge in [-0.25, -0.2) is 13.4 Å². The lowest BCUT2D eigenvalue weighted by Crippen LogP contribution is -2.44. The zero-order valence-corrected chi connectivity index (χ0v) is 16.0. The highest BCUT2D eigenvalue weighted by Crippen LogP contribution is 2.17. The molecule has 0 radical (unpaired) electrons. The number of hydrogen-bond donors (Lipinski definition) is 2. The molecule has 1 aliphatic rings. The Hall–Kier alpha value is -1.07. The summed E-state index contributed by atoms with van der Waals surface area (Å²) in [6.45, 7) is 0.931. The number of rotatable bonds is 5. The summed E-state index contributed by atoms with van der Waals surface area (Å²) in [5.41, 5.74) is 6.71. The van der Waals surface area contributed by atoms with E-state index in [0.717, 1.165) is 11.3 Å². The molecular formula is C14H22IN3O4S. The fourth-order valence-corrected chi connectivity index (χ4v) is 3.45. The molecule has 9 heteroatoms. The first-order valence-electron chi connectivity index (χ1n) is 6.98. The number of halogens is 1. The summed E-state index contributed by atoms with van der Waals surface area (Å²) in [7, 11) is -1.40. The summed E-state index contributed by atoms with van der Waals surface area (Å²) in [5.74, 6) is 1.10. The molecule has 0 spiro atoms. The lowest BCUT2D eigenvalue weighted by atomic mass is 10.2. The van der Waals surface area contributed by atoms with Crippen LogP contribution in [0.2, 0.25) is 0 Å². The second-order valence-electron chi connectivity index (χ2n) is 5.00. The van der Waals surface area contributed by atoms with Gasteiger partial charge in [-0.05, 0) is 6.07 Å². The lowest BCUT2D eigenvalue weighted by Gasteiger charge is -2.23. The molecule has 1 unspecified atom stereocenters. The van der Waals surface area contributed by atoms with Gasteiger partial charge in [-0.3, -0.25) is 0 Å². The van der Waals surface area contributed by atoms with Crippen molar-refractivity contribution in [2.24, 2.45) is 10.7 Å². The quantitative estimate of drug-likeness (QED) is 0.382.